The molecule has 0 saturated carbocycles. The topological polar surface area (TPSA) is 90.5 Å². The average molecular weight is 216 g/mol. The maximum absolute atomic E-state index is 11.8. The number of hydrogen-bond donors (Lipinski definition) is 1. The minimum atomic E-state index is -0.648. The number of nitrogen functional groups attached to an aromatic ring is 1. The minimum absolute atomic E-state index is 0.317. The van der Waals surface area contributed by atoms with E-state index in [1.807, 2.05) is 0 Å². The molecule has 0 radical (unpaired) electrons. The van der Waals surface area contributed by atoms with Crippen LogP contribution >= 0.6 is 0 Å². The Hall–Kier alpha value is -2.57. The summed E-state index contributed by atoms with van der Waals surface area (Å²) in [4.78, 5) is 35.3. The summed E-state index contributed by atoms with van der Waals surface area (Å²) < 4.78 is 2.88. The fourth-order valence-electron chi connectivity index (χ4n) is 2.35. The van der Waals surface area contributed by atoms with Crippen LogP contribution in [0, 0.1) is 0 Å². The van der Waals surface area contributed by atoms with Crippen LogP contribution in [0.2, 0.25) is 0 Å². The first kappa shape index (κ1) is 7.69. The molecule has 0 aliphatic heterocycles. The molecule has 7 heteroatoms. The molecule has 7 nitrogen and oxygen atoms in total. The fraction of sp³-hybridized carbons (Fsp3) is 0. The second-order valence-corrected chi connectivity index (χ2v) is 3.73. The summed E-state index contributed by atoms with van der Waals surface area (Å²) in [5.41, 5.74) is 5.31. The summed E-state index contributed by atoms with van der Waals surface area (Å²) in [6.45, 7) is 0. The largest absolute Gasteiger partial charge is 0.397 e. The minimum Gasteiger partial charge on any atom is -0.397 e. The van der Waals surface area contributed by atoms with Crippen LogP contribution in [0.3, 0.4) is 0 Å². The number of imidazole rings is 2. The molecule has 4 aromatic heterocycles. The Balaban J connectivity index is 2.81. The maximum Gasteiger partial charge on any atom is 0.345 e. The lowest BCUT2D eigenvalue weighted by atomic mass is 10.2. The van der Waals surface area contributed by atoms with Gasteiger partial charge in [-0.05, 0) is 12.1 Å². The lowest BCUT2D eigenvalue weighted by molar-refractivity contribution is 0.795. The normalized spacial score (nSPS) is 12.8. The van der Waals surface area contributed by atoms with E-state index in [2.05, 4.69) is 0 Å². The molecule has 0 aliphatic rings. The summed E-state index contributed by atoms with van der Waals surface area (Å²) in [5, 5.41) is 0. The summed E-state index contributed by atoms with van der Waals surface area (Å²) in [5.74, 6) is 0. The van der Waals surface area contributed by atoms with E-state index in [-0.39, 0.29) is 0 Å². The second-order valence-electron chi connectivity index (χ2n) is 3.73. The molecule has 0 amide bonds. The smallest absolute Gasteiger partial charge is 0.345 e. The SMILES string of the molecule is Nc1ccc2c3c1n1c(=O)n2c(=O)n3c1=O. The predicted molar refractivity (Wildman–Crippen MR) is 56.1 cm³/mol. The van der Waals surface area contributed by atoms with Gasteiger partial charge in [-0.1, -0.05) is 0 Å². The van der Waals surface area contributed by atoms with E-state index in [1.54, 1.807) is 12.1 Å². The summed E-state index contributed by atoms with van der Waals surface area (Å²) in [6, 6.07) is 3.15. The van der Waals surface area contributed by atoms with E-state index in [0.717, 1.165) is 13.2 Å². The van der Waals surface area contributed by atoms with Crippen LogP contribution in [0.1, 0.15) is 0 Å². The molecule has 0 unspecified atom stereocenters. The fourth-order valence-corrected chi connectivity index (χ4v) is 2.35. The summed E-state index contributed by atoms with van der Waals surface area (Å²) in [7, 11) is 0. The van der Waals surface area contributed by atoms with Gasteiger partial charge in [-0.2, -0.15) is 0 Å². The van der Waals surface area contributed by atoms with E-state index in [4.69, 9.17) is 5.73 Å². The Morgan fingerprint density at radius 2 is 1.38 bits per heavy atom. The van der Waals surface area contributed by atoms with Crippen molar-refractivity contribution in [3.8, 4) is 0 Å². The molecule has 2 N–H and O–H groups in total. The number of nitrogens with zero attached hydrogens (tertiary/aromatic N) is 3. The van der Waals surface area contributed by atoms with Gasteiger partial charge in [0.15, 0.2) is 0 Å². The number of nitrogens with two attached hydrogens (primary N) is 1. The monoisotopic (exact) mass is 216 g/mol. The van der Waals surface area contributed by atoms with Crippen LogP contribution in [0.5, 0.6) is 0 Å². The van der Waals surface area contributed by atoms with Gasteiger partial charge in [-0.25, -0.2) is 27.6 Å². The zero-order chi connectivity index (χ0) is 11.2. The quantitative estimate of drug-likeness (QED) is 0.359. The van der Waals surface area contributed by atoms with Gasteiger partial charge in [0.2, 0.25) is 0 Å². The van der Waals surface area contributed by atoms with Crippen LogP contribution in [0.25, 0.3) is 16.6 Å². The highest BCUT2D eigenvalue weighted by Gasteiger charge is 2.26. The Bertz CT molecular complexity index is 1010. The Labute approximate surface area is 85.6 Å². The molecule has 0 fully saturated rings. The van der Waals surface area contributed by atoms with Gasteiger partial charge in [0.05, 0.1) is 11.2 Å². The van der Waals surface area contributed by atoms with Gasteiger partial charge in [0.1, 0.15) is 11.0 Å². The van der Waals surface area contributed by atoms with E-state index in [9.17, 15) is 14.4 Å². The number of rotatable bonds is 0. The molecule has 0 spiro atoms. The Morgan fingerprint density at radius 3 is 2.06 bits per heavy atom. The highest BCUT2D eigenvalue weighted by Crippen LogP contribution is 2.24. The zero-order valence-electron chi connectivity index (χ0n) is 7.80. The molecule has 1 aromatic carbocycles. The first-order valence-corrected chi connectivity index (χ1v) is 4.57. The standard InChI is InChI=1S/C9H4N4O3/c10-3-1-2-4-6-5(3)12-7(14)11(4)8(15)13(6)9(12)16/h1-2H,10H2. The van der Waals surface area contributed by atoms with Crippen LogP contribution in [-0.4, -0.2) is 13.2 Å². The highest BCUT2D eigenvalue weighted by atomic mass is 16.2. The van der Waals surface area contributed by atoms with Gasteiger partial charge < -0.3 is 5.73 Å². The van der Waals surface area contributed by atoms with E-state index < -0.39 is 17.1 Å². The first-order chi connectivity index (χ1) is 7.63. The molecule has 16 heavy (non-hydrogen) atoms. The van der Waals surface area contributed by atoms with Crippen molar-refractivity contribution in [3.05, 3.63) is 43.6 Å². The summed E-state index contributed by atoms with van der Waals surface area (Å²) in [6.07, 6.45) is 0. The van der Waals surface area contributed by atoms with Crippen molar-refractivity contribution >= 4 is 22.2 Å². The lowest BCUT2D eigenvalue weighted by Crippen LogP contribution is -2.42. The average Bonchev–Trinajstić information content (AvgIpc) is 2.62. The van der Waals surface area contributed by atoms with E-state index >= 15 is 0 Å². The Kier molecular flexibility index (Phi) is 0.901. The zero-order valence-corrected chi connectivity index (χ0v) is 7.80. The van der Waals surface area contributed by atoms with Crippen molar-refractivity contribution < 1.29 is 0 Å². The lowest BCUT2D eigenvalue weighted by Gasteiger charge is -2.01. The van der Waals surface area contributed by atoms with Gasteiger partial charge in [0, 0.05) is 0 Å². The second kappa shape index (κ2) is 1.87. The molecule has 0 saturated heterocycles. The molecule has 0 aliphatic carbocycles. The van der Waals surface area contributed by atoms with Crippen molar-refractivity contribution in [2.45, 2.75) is 0 Å². The number of aromatic nitrogens is 3. The molecular formula is C9H4N4O3. The first-order valence-electron chi connectivity index (χ1n) is 4.57. The molecule has 6 bridgehead atoms. The van der Waals surface area contributed by atoms with E-state index in [1.165, 1.54) is 0 Å². The van der Waals surface area contributed by atoms with Crippen molar-refractivity contribution in [1.82, 2.24) is 13.2 Å². The van der Waals surface area contributed by atoms with Gasteiger partial charge in [-0.3, -0.25) is 0 Å². The van der Waals surface area contributed by atoms with Crippen LogP contribution in [-0.2, 0) is 0 Å². The molecule has 0 atom stereocenters. The number of hydrogen-bond acceptors (Lipinski definition) is 4. The molecule has 78 valence electrons. The van der Waals surface area contributed by atoms with Gasteiger partial charge in [-0.15, -0.1) is 0 Å². The summed E-state index contributed by atoms with van der Waals surface area (Å²) >= 11 is 0. The van der Waals surface area contributed by atoms with Crippen LogP contribution < -0.4 is 22.8 Å². The van der Waals surface area contributed by atoms with Crippen LogP contribution in [0.4, 0.5) is 5.69 Å². The molecule has 5 aromatic rings. The maximum atomic E-state index is 11.8. The molecule has 5 rings (SSSR count). The van der Waals surface area contributed by atoms with Crippen molar-refractivity contribution in [3.63, 3.8) is 0 Å². The molecular weight excluding hydrogens is 212 g/mol. The van der Waals surface area contributed by atoms with E-state index in [0.29, 0.717) is 22.2 Å². The third-order valence-electron chi connectivity index (χ3n) is 3.00. The van der Waals surface area contributed by atoms with Gasteiger partial charge >= 0.3 is 17.1 Å². The van der Waals surface area contributed by atoms with Crippen molar-refractivity contribution in [2.75, 3.05) is 5.73 Å². The number of benzene rings is 1. The van der Waals surface area contributed by atoms with Crippen molar-refractivity contribution in [2.24, 2.45) is 0 Å². The number of anilines is 1. The highest BCUT2D eigenvalue weighted by molar-refractivity contribution is 6.00. The third kappa shape index (κ3) is 0.489. The van der Waals surface area contributed by atoms with Gasteiger partial charge in [0.25, 0.3) is 0 Å². The van der Waals surface area contributed by atoms with Crippen molar-refractivity contribution in [1.29, 1.82) is 0 Å². The predicted octanol–water partition coefficient (Wildman–Crippen LogP) is -1.58. The van der Waals surface area contributed by atoms with Crippen LogP contribution in [0.15, 0.2) is 26.5 Å². The Morgan fingerprint density at radius 1 is 0.812 bits per heavy atom. The third-order valence-corrected chi connectivity index (χ3v) is 3.00. The molecule has 4 heterocycles.